The van der Waals surface area contributed by atoms with E-state index in [4.69, 9.17) is 0 Å². The molecule has 0 unspecified atom stereocenters. The maximum Gasteiger partial charge on any atom is 0.245 e. The molecular formula is C15H25N3O3. The highest BCUT2D eigenvalue weighted by Crippen LogP contribution is 2.07. The van der Waals surface area contributed by atoms with Gasteiger partial charge in [0.15, 0.2) is 5.82 Å². The first kappa shape index (κ1) is 17.2. The third-order valence-electron chi connectivity index (χ3n) is 3.13. The Morgan fingerprint density at radius 3 is 2.67 bits per heavy atom. The van der Waals surface area contributed by atoms with Crippen LogP contribution in [0.15, 0.2) is 16.9 Å². The number of aromatic nitrogens is 1. The summed E-state index contributed by atoms with van der Waals surface area (Å²) in [5, 5.41) is 6.23. The lowest BCUT2D eigenvalue weighted by atomic mass is 10.1. The zero-order valence-electron chi connectivity index (χ0n) is 13.1. The predicted octanol–water partition coefficient (Wildman–Crippen LogP) is 2.68. The number of carbonyl (C=O) groups excluding carboxylic acids is 2. The monoisotopic (exact) mass is 295 g/mol. The Kier molecular flexibility index (Phi) is 7.50. The van der Waals surface area contributed by atoms with E-state index >= 15 is 0 Å². The first-order chi connectivity index (χ1) is 10.0. The van der Waals surface area contributed by atoms with Gasteiger partial charge >= 0.3 is 0 Å². The number of amides is 2. The molecule has 0 saturated carbocycles. The molecule has 1 rings (SSSR count). The maximum absolute atomic E-state index is 12.2. The quantitative estimate of drug-likeness (QED) is 0.711. The number of hydrogen-bond donors (Lipinski definition) is 1. The summed E-state index contributed by atoms with van der Waals surface area (Å²) >= 11 is 0. The van der Waals surface area contributed by atoms with E-state index in [2.05, 4.69) is 21.9 Å². The van der Waals surface area contributed by atoms with Crippen LogP contribution in [0.5, 0.6) is 0 Å². The number of anilines is 1. The summed E-state index contributed by atoms with van der Waals surface area (Å²) < 4.78 is 4.65. The van der Waals surface area contributed by atoms with Crippen LogP contribution in [-0.4, -0.2) is 35.0 Å². The normalized spacial score (nSPS) is 10.7. The highest BCUT2D eigenvalue weighted by atomic mass is 16.5. The lowest BCUT2D eigenvalue weighted by Gasteiger charge is -2.23. The number of carbonyl (C=O) groups is 2. The van der Waals surface area contributed by atoms with Crippen molar-refractivity contribution in [2.24, 2.45) is 5.92 Å². The van der Waals surface area contributed by atoms with Crippen molar-refractivity contribution >= 4 is 17.6 Å². The second-order valence-electron chi connectivity index (χ2n) is 5.41. The van der Waals surface area contributed by atoms with Gasteiger partial charge in [0.25, 0.3) is 0 Å². The van der Waals surface area contributed by atoms with Gasteiger partial charge in [0.2, 0.25) is 11.8 Å². The van der Waals surface area contributed by atoms with Crippen LogP contribution in [0, 0.1) is 5.92 Å². The topological polar surface area (TPSA) is 75.4 Å². The van der Waals surface area contributed by atoms with Crippen molar-refractivity contribution < 1.29 is 14.1 Å². The van der Waals surface area contributed by atoms with Gasteiger partial charge in [-0.25, -0.2) is 0 Å². The highest BCUT2D eigenvalue weighted by Gasteiger charge is 2.19. The van der Waals surface area contributed by atoms with Crippen molar-refractivity contribution in [3.8, 4) is 0 Å². The molecule has 0 spiro atoms. The van der Waals surface area contributed by atoms with Crippen molar-refractivity contribution in [2.45, 2.75) is 46.5 Å². The molecular weight excluding hydrogens is 270 g/mol. The fourth-order valence-corrected chi connectivity index (χ4v) is 1.99. The summed E-state index contributed by atoms with van der Waals surface area (Å²) in [6.07, 6.45) is 5.67. The first-order valence-corrected chi connectivity index (χ1v) is 7.53. The van der Waals surface area contributed by atoms with Gasteiger partial charge in [-0.05, 0) is 6.42 Å². The standard InChI is InChI=1S/C15H25N3O3/c1-4-5-6-7-9-18(15(20)12(2)3)11-14(19)16-13-8-10-21-17-13/h8,10,12H,4-7,9,11H2,1-3H3,(H,16,17,19). The fraction of sp³-hybridized carbons (Fsp3) is 0.667. The van der Waals surface area contributed by atoms with E-state index in [0.29, 0.717) is 12.4 Å². The van der Waals surface area contributed by atoms with Gasteiger partial charge in [-0.1, -0.05) is 45.2 Å². The minimum absolute atomic E-state index is 0.00167. The summed E-state index contributed by atoms with van der Waals surface area (Å²) in [6, 6.07) is 1.56. The van der Waals surface area contributed by atoms with Gasteiger partial charge in [0.1, 0.15) is 6.26 Å². The maximum atomic E-state index is 12.2. The molecule has 0 fully saturated rings. The Balaban J connectivity index is 2.50. The zero-order chi connectivity index (χ0) is 15.7. The Morgan fingerprint density at radius 2 is 2.10 bits per heavy atom. The van der Waals surface area contributed by atoms with Crippen LogP contribution in [0.3, 0.4) is 0 Å². The molecule has 21 heavy (non-hydrogen) atoms. The molecule has 1 aromatic heterocycles. The third kappa shape index (κ3) is 6.42. The first-order valence-electron chi connectivity index (χ1n) is 7.53. The van der Waals surface area contributed by atoms with Crippen molar-refractivity contribution in [3.63, 3.8) is 0 Å². The van der Waals surface area contributed by atoms with Crippen LogP contribution in [0.2, 0.25) is 0 Å². The molecule has 6 nitrogen and oxygen atoms in total. The number of nitrogens with zero attached hydrogens (tertiary/aromatic N) is 2. The van der Waals surface area contributed by atoms with Gasteiger partial charge in [0.05, 0.1) is 6.54 Å². The summed E-state index contributed by atoms with van der Waals surface area (Å²) in [5.74, 6) is -0.00542. The van der Waals surface area contributed by atoms with Gasteiger partial charge in [-0.15, -0.1) is 0 Å². The highest BCUT2D eigenvalue weighted by molar-refractivity contribution is 5.93. The molecule has 2 amide bonds. The summed E-state index contributed by atoms with van der Waals surface area (Å²) in [5.41, 5.74) is 0. The molecule has 1 heterocycles. The van der Waals surface area contributed by atoms with Crippen LogP contribution < -0.4 is 5.32 Å². The van der Waals surface area contributed by atoms with Crippen molar-refractivity contribution in [1.29, 1.82) is 0 Å². The molecule has 1 N–H and O–H groups in total. The smallest absolute Gasteiger partial charge is 0.245 e. The van der Waals surface area contributed by atoms with Crippen LogP contribution in [0.1, 0.15) is 46.5 Å². The molecule has 118 valence electrons. The largest absolute Gasteiger partial charge is 0.363 e. The molecule has 0 aliphatic heterocycles. The summed E-state index contributed by atoms with van der Waals surface area (Å²) in [6.45, 7) is 6.50. The van der Waals surface area contributed by atoms with E-state index in [0.717, 1.165) is 25.7 Å². The van der Waals surface area contributed by atoms with Gasteiger partial charge in [-0.3, -0.25) is 9.59 Å². The lowest BCUT2D eigenvalue weighted by molar-refractivity contribution is -0.137. The number of hydrogen-bond acceptors (Lipinski definition) is 4. The fourth-order valence-electron chi connectivity index (χ4n) is 1.99. The summed E-state index contributed by atoms with van der Waals surface area (Å²) in [7, 11) is 0. The van der Waals surface area contributed by atoms with Gasteiger partial charge in [0, 0.05) is 18.5 Å². The second-order valence-corrected chi connectivity index (χ2v) is 5.41. The zero-order valence-corrected chi connectivity index (χ0v) is 13.1. The predicted molar refractivity (Wildman–Crippen MR) is 80.7 cm³/mol. The Bertz CT molecular complexity index is 429. The molecule has 0 bridgehead atoms. The van der Waals surface area contributed by atoms with E-state index in [1.165, 1.54) is 6.26 Å². The third-order valence-corrected chi connectivity index (χ3v) is 3.13. The van der Waals surface area contributed by atoms with E-state index in [1.807, 2.05) is 13.8 Å². The molecule has 0 radical (unpaired) electrons. The minimum Gasteiger partial charge on any atom is -0.363 e. The Morgan fingerprint density at radius 1 is 1.33 bits per heavy atom. The molecule has 0 saturated heterocycles. The average molecular weight is 295 g/mol. The number of rotatable bonds is 9. The van der Waals surface area contributed by atoms with E-state index in [9.17, 15) is 9.59 Å². The minimum atomic E-state index is -0.256. The second kappa shape index (κ2) is 9.15. The number of nitrogens with one attached hydrogen (secondary N) is 1. The van der Waals surface area contributed by atoms with Crippen molar-refractivity contribution in [1.82, 2.24) is 10.1 Å². The molecule has 6 heteroatoms. The van der Waals surface area contributed by atoms with Gasteiger partial charge < -0.3 is 14.7 Å². The van der Waals surface area contributed by atoms with E-state index in [1.54, 1.807) is 11.0 Å². The summed E-state index contributed by atoms with van der Waals surface area (Å²) in [4.78, 5) is 25.7. The molecule has 0 atom stereocenters. The van der Waals surface area contributed by atoms with E-state index < -0.39 is 0 Å². The van der Waals surface area contributed by atoms with Crippen LogP contribution in [0.25, 0.3) is 0 Å². The van der Waals surface area contributed by atoms with Crippen LogP contribution >= 0.6 is 0 Å². The SMILES string of the molecule is CCCCCCN(CC(=O)Nc1ccon1)C(=O)C(C)C. The molecule has 0 aliphatic carbocycles. The van der Waals surface area contributed by atoms with Gasteiger partial charge in [-0.2, -0.15) is 0 Å². The molecule has 1 aromatic rings. The van der Waals surface area contributed by atoms with Crippen LogP contribution in [-0.2, 0) is 9.59 Å². The number of unbranched alkanes of at least 4 members (excludes halogenated alkanes) is 3. The van der Waals surface area contributed by atoms with E-state index in [-0.39, 0.29) is 24.3 Å². The van der Waals surface area contributed by atoms with Crippen molar-refractivity contribution in [2.75, 3.05) is 18.4 Å². The average Bonchev–Trinajstić information content (AvgIpc) is 2.94. The lowest BCUT2D eigenvalue weighted by Crippen LogP contribution is -2.40. The molecule has 0 aliphatic rings. The van der Waals surface area contributed by atoms with Crippen LogP contribution in [0.4, 0.5) is 5.82 Å². The Hall–Kier alpha value is -1.85. The molecule has 0 aromatic carbocycles. The Labute approximate surface area is 125 Å². The van der Waals surface area contributed by atoms with Crippen molar-refractivity contribution in [3.05, 3.63) is 12.3 Å².